The van der Waals surface area contributed by atoms with E-state index in [1.807, 2.05) is 0 Å². The normalized spacial score (nSPS) is 17.3. The van der Waals surface area contributed by atoms with Gasteiger partial charge in [-0.2, -0.15) is 16.7 Å². The predicted octanol–water partition coefficient (Wildman–Crippen LogP) is 1.87. The highest BCUT2D eigenvalue weighted by Crippen LogP contribution is 2.51. The molecule has 0 radical (unpaired) electrons. The molecule has 88 valence electrons. The Hall–Kier alpha value is -1.04. The molecule has 0 spiro atoms. The van der Waals surface area contributed by atoms with Gasteiger partial charge >= 0.3 is 5.97 Å². The molecule has 5 nitrogen and oxygen atoms in total. The van der Waals surface area contributed by atoms with E-state index in [1.165, 1.54) is 0 Å². The summed E-state index contributed by atoms with van der Waals surface area (Å²) in [6.07, 6.45) is 2.33. The summed E-state index contributed by atoms with van der Waals surface area (Å²) >= 11 is 1.67. The lowest BCUT2D eigenvalue weighted by Crippen LogP contribution is -2.11. The molecule has 0 aliphatic heterocycles. The quantitative estimate of drug-likeness (QED) is 0.820. The zero-order valence-corrected chi connectivity index (χ0v) is 9.92. The van der Waals surface area contributed by atoms with Gasteiger partial charge in [-0.25, -0.2) is 0 Å². The largest absolute Gasteiger partial charge is 0.481 e. The molecule has 2 rings (SSSR count). The fourth-order valence-corrected chi connectivity index (χ4v) is 2.84. The number of carboxylic acids is 1. The van der Waals surface area contributed by atoms with Crippen molar-refractivity contribution in [1.82, 2.24) is 10.1 Å². The van der Waals surface area contributed by atoms with Gasteiger partial charge in [0, 0.05) is 0 Å². The highest BCUT2D eigenvalue weighted by atomic mass is 32.2. The van der Waals surface area contributed by atoms with E-state index in [1.54, 1.807) is 18.7 Å². The van der Waals surface area contributed by atoms with Crippen LogP contribution in [-0.2, 0) is 10.5 Å². The first kappa shape index (κ1) is 11.4. The molecule has 0 atom stereocenters. The number of thioether (sulfide) groups is 1. The minimum Gasteiger partial charge on any atom is -0.481 e. The summed E-state index contributed by atoms with van der Waals surface area (Å²) in [6.45, 7) is 1.78. The third-order valence-electron chi connectivity index (χ3n) is 2.69. The molecule has 0 amide bonds. The monoisotopic (exact) mass is 242 g/mol. The second kappa shape index (κ2) is 4.45. The fourth-order valence-electron chi connectivity index (χ4n) is 1.62. The van der Waals surface area contributed by atoms with Crippen molar-refractivity contribution in [2.24, 2.45) is 5.41 Å². The maximum Gasteiger partial charge on any atom is 0.303 e. The summed E-state index contributed by atoms with van der Waals surface area (Å²) in [4.78, 5) is 14.7. The highest BCUT2D eigenvalue weighted by Gasteiger charge is 2.44. The summed E-state index contributed by atoms with van der Waals surface area (Å²) in [6, 6.07) is 0. The fraction of sp³-hybridized carbons (Fsp3) is 0.700. The van der Waals surface area contributed by atoms with Crippen molar-refractivity contribution < 1.29 is 14.4 Å². The van der Waals surface area contributed by atoms with Crippen LogP contribution in [0.15, 0.2) is 4.52 Å². The molecular weight excluding hydrogens is 228 g/mol. The Morgan fingerprint density at radius 1 is 1.62 bits per heavy atom. The minimum atomic E-state index is -0.702. The summed E-state index contributed by atoms with van der Waals surface area (Å²) in [5.41, 5.74) is 0.0333. The number of carboxylic acid groups (broad SMARTS) is 1. The van der Waals surface area contributed by atoms with Crippen LogP contribution in [0.3, 0.4) is 0 Å². The van der Waals surface area contributed by atoms with Gasteiger partial charge in [0.15, 0.2) is 5.82 Å². The van der Waals surface area contributed by atoms with E-state index in [2.05, 4.69) is 10.1 Å². The zero-order chi connectivity index (χ0) is 11.6. The number of hydrogen-bond donors (Lipinski definition) is 1. The number of rotatable bonds is 6. The van der Waals surface area contributed by atoms with E-state index < -0.39 is 5.97 Å². The van der Waals surface area contributed by atoms with Gasteiger partial charge in [0.2, 0.25) is 5.89 Å². The van der Waals surface area contributed by atoms with Crippen LogP contribution in [0.25, 0.3) is 0 Å². The first-order chi connectivity index (χ1) is 7.60. The second-order valence-corrected chi connectivity index (χ2v) is 5.28. The maximum atomic E-state index is 10.6. The molecule has 6 heteroatoms. The molecule has 0 saturated heterocycles. The molecular formula is C10H14N2O3S. The van der Waals surface area contributed by atoms with E-state index in [9.17, 15) is 4.79 Å². The molecule has 0 aromatic carbocycles. The van der Waals surface area contributed by atoms with Crippen LogP contribution in [0, 0.1) is 12.3 Å². The summed E-state index contributed by atoms with van der Waals surface area (Å²) < 4.78 is 4.98. The predicted molar refractivity (Wildman–Crippen MR) is 59.1 cm³/mol. The smallest absolute Gasteiger partial charge is 0.303 e. The van der Waals surface area contributed by atoms with Gasteiger partial charge in [0.05, 0.1) is 12.2 Å². The number of aromatic nitrogens is 2. The third kappa shape index (κ3) is 2.98. The van der Waals surface area contributed by atoms with Gasteiger partial charge in [-0.3, -0.25) is 4.79 Å². The molecule has 1 aliphatic rings. The average Bonchev–Trinajstić information content (AvgIpc) is 2.80. The van der Waals surface area contributed by atoms with Gasteiger partial charge in [0.25, 0.3) is 0 Å². The van der Waals surface area contributed by atoms with Crippen molar-refractivity contribution in [2.45, 2.75) is 31.9 Å². The Kier molecular flexibility index (Phi) is 3.18. The van der Waals surface area contributed by atoms with E-state index >= 15 is 0 Å². The number of nitrogens with zero attached hydrogens (tertiary/aromatic N) is 2. The standard InChI is InChI=1S/C10H14N2O3S/c1-7-11-8(15-12-7)5-16-6-10(2-3-10)4-9(13)14/h2-6H2,1H3,(H,13,14). The van der Waals surface area contributed by atoms with E-state index in [0.717, 1.165) is 18.6 Å². The van der Waals surface area contributed by atoms with Crippen LogP contribution in [0.2, 0.25) is 0 Å². The van der Waals surface area contributed by atoms with Crippen LogP contribution in [0.4, 0.5) is 0 Å². The molecule has 1 fully saturated rings. The Labute approximate surface area is 97.6 Å². The Bertz CT molecular complexity index is 387. The second-order valence-electron chi connectivity index (χ2n) is 4.30. The zero-order valence-electron chi connectivity index (χ0n) is 9.10. The molecule has 1 aromatic heterocycles. The van der Waals surface area contributed by atoms with Crippen molar-refractivity contribution in [3.05, 3.63) is 11.7 Å². The summed E-state index contributed by atoms with van der Waals surface area (Å²) in [5.74, 6) is 2.09. The topological polar surface area (TPSA) is 76.2 Å². The summed E-state index contributed by atoms with van der Waals surface area (Å²) in [7, 11) is 0. The van der Waals surface area contributed by atoms with Crippen molar-refractivity contribution in [3.63, 3.8) is 0 Å². The molecule has 0 unspecified atom stereocenters. The molecule has 1 aliphatic carbocycles. The van der Waals surface area contributed by atoms with Gasteiger partial charge in [-0.05, 0) is 30.9 Å². The van der Waals surface area contributed by atoms with Crippen molar-refractivity contribution in [3.8, 4) is 0 Å². The maximum absolute atomic E-state index is 10.6. The SMILES string of the molecule is Cc1noc(CSCC2(CC(=O)O)CC2)n1. The lowest BCUT2D eigenvalue weighted by Gasteiger charge is -2.10. The van der Waals surface area contributed by atoms with Gasteiger partial charge < -0.3 is 9.63 Å². The van der Waals surface area contributed by atoms with Crippen LogP contribution < -0.4 is 0 Å². The van der Waals surface area contributed by atoms with Crippen molar-refractivity contribution in [2.75, 3.05) is 5.75 Å². The molecule has 1 N–H and O–H groups in total. The molecule has 1 aromatic rings. The van der Waals surface area contributed by atoms with Crippen LogP contribution in [-0.4, -0.2) is 27.0 Å². The van der Waals surface area contributed by atoms with Crippen LogP contribution >= 0.6 is 11.8 Å². The van der Waals surface area contributed by atoms with Crippen molar-refractivity contribution >= 4 is 17.7 Å². The van der Waals surface area contributed by atoms with Crippen LogP contribution in [0.5, 0.6) is 0 Å². The van der Waals surface area contributed by atoms with Gasteiger partial charge in [-0.15, -0.1) is 0 Å². The van der Waals surface area contributed by atoms with Gasteiger partial charge in [0.1, 0.15) is 0 Å². The Morgan fingerprint density at radius 3 is 2.88 bits per heavy atom. The Morgan fingerprint density at radius 2 is 2.38 bits per heavy atom. The number of aryl methyl sites for hydroxylation is 1. The Balaban J connectivity index is 1.74. The van der Waals surface area contributed by atoms with E-state index in [4.69, 9.17) is 9.63 Å². The highest BCUT2D eigenvalue weighted by molar-refractivity contribution is 7.98. The molecule has 16 heavy (non-hydrogen) atoms. The van der Waals surface area contributed by atoms with E-state index in [-0.39, 0.29) is 11.8 Å². The molecule has 1 saturated carbocycles. The lowest BCUT2D eigenvalue weighted by atomic mass is 10.1. The lowest BCUT2D eigenvalue weighted by molar-refractivity contribution is -0.138. The molecule has 0 bridgehead atoms. The number of hydrogen-bond acceptors (Lipinski definition) is 5. The van der Waals surface area contributed by atoms with E-state index in [0.29, 0.717) is 17.5 Å². The van der Waals surface area contributed by atoms with Gasteiger partial charge in [-0.1, -0.05) is 5.16 Å². The average molecular weight is 242 g/mol. The number of aliphatic carboxylic acids is 1. The first-order valence-corrected chi connectivity index (χ1v) is 6.34. The first-order valence-electron chi connectivity index (χ1n) is 5.18. The summed E-state index contributed by atoms with van der Waals surface area (Å²) in [5, 5.41) is 12.5. The van der Waals surface area contributed by atoms with Crippen LogP contribution in [0.1, 0.15) is 31.0 Å². The third-order valence-corrected chi connectivity index (χ3v) is 3.95. The molecule has 1 heterocycles. The number of carbonyl (C=O) groups is 1. The van der Waals surface area contributed by atoms with Crippen molar-refractivity contribution in [1.29, 1.82) is 0 Å². The minimum absolute atomic E-state index is 0.0333.